The standard InChI is InChI=1S/C20H26N2O5S2/c1-4-26-18-7-6-16(17-13-28-14(3)21-17)12-19(18)29(24,25)22-10-8-15(9-11-22)20(23)27-5-2/h6-7,12-13,15H,4-5,8-11H2,1-3H3. The largest absolute Gasteiger partial charge is 0.492 e. The lowest BCUT2D eigenvalue weighted by molar-refractivity contribution is -0.149. The van der Waals surface area contributed by atoms with Crippen LogP contribution in [0.1, 0.15) is 31.7 Å². The maximum absolute atomic E-state index is 13.4. The van der Waals surface area contributed by atoms with Crippen molar-refractivity contribution in [2.24, 2.45) is 5.92 Å². The molecule has 0 aliphatic carbocycles. The summed E-state index contributed by atoms with van der Waals surface area (Å²) in [5, 5.41) is 2.83. The third-order valence-electron chi connectivity index (χ3n) is 4.85. The number of nitrogens with zero attached hydrogens (tertiary/aromatic N) is 2. The van der Waals surface area contributed by atoms with Crippen molar-refractivity contribution >= 4 is 27.3 Å². The number of benzene rings is 1. The molecule has 158 valence electrons. The Morgan fingerprint density at radius 2 is 1.97 bits per heavy atom. The zero-order chi connectivity index (χ0) is 21.0. The van der Waals surface area contributed by atoms with E-state index in [0.717, 1.165) is 16.3 Å². The molecule has 7 nitrogen and oxygen atoms in total. The Hall–Kier alpha value is -1.97. The van der Waals surface area contributed by atoms with Crippen molar-refractivity contribution in [3.8, 4) is 17.0 Å². The van der Waals surface area contributed by atoms with E-state index in [9.17, 15) is 13.2 Å². The molecule has 0 atom stereocenters. The van der Waals surface area contributed by atoms with E-state index in [1.807, 2.05) is 25.3 Å². The van der Waals surface area contributed by atoms with E-state index in [0.29, 0.717) is 31.8 Å². The van der Waals surface area contributed by atoms with E-state index in [-0.39, 0.29) is 29.9 Å². The van der Waals surface area contributed by atoms with Gasteiger partial charge in [-0.2, -0.15) is 4.31 Å². The van der Waals surface area contributed by atoms with Crippen molar-refractivity contribution in [2.75, 3.05) is 26.3 Å². The minimum absolute atomic E-state index is 0.136. The monoisotopic (exact) mass is 438 g/mol. The first-order chi connectivity index (χ1) is 13.9. The van der Waals surface area contributed by atoms with Gasteiger partial charge in [-0.05, 0) is 51.8 Å². The molecule has 0 spiro atoms. The molecule has 0 radical (unpaired) electrons. The molecule has 0 amide bonds. The number of carbonyl (C=O) groups excluding carboxylic acids is 1. The molecule has 0 saturated carbocycles. The average molecular weight is 439 g/mol. The molecule has 9 heteroatoms. The molecule has 1 saturated heterocycles. The molecule has 2 aromatic rings. The molecular weight excluding hydrogens is 412 g/mol. The summed E-state index contributed by atoms with van der Waals surface area (Å²) in [6.45, 7) is 6.74. The number of ether oxygens (including phenoxy) is 2. The molecule has 1 aliphatic heterocycles. The Morgan fingerprint density at radius 3 is 2.55 bits per heavy atom. The van der Waals surface area contributed by atoms with Gasteiger partial charge in [0.15, 0.2) is 0 Å². The average Bonchev–Trinajstić information content (AvgIpc) is 3.15. The van der Waals surface area contributed by atoms with E-state index in [1.54, 1.807) is 19.1 Å². The third kappa shape index (κ3) is 4.79. The fourth-order valence-corrected chi connectivity index (χ4v) is 5.62. The molecule has 1 aromatic heterocycles. The fraction of sp³-hybridized carbons (Fsp3) is 0.500. The van der Waals surface area contributed by atoms with Crippen molar-refractivity contribution < 1.29 is 22.7 Å². The highest BCUT2D eigenvalue weighted by Gasteiger charge is 2.34. The van der Waals surface area contributed by atoms with Crippen LogP contribution in [0.25, 0.3) is 11.3 Å². The lowest BCUT2D eigenvalue weighted by atomic mass is 9.98. The summed E-state index contributed by atoms with van der Waals surface area (Å²) in [5.74, 6) is -0.173. The van der Waals surface area contributed by atoms with Gasteiger partial charge in [0.1, 0.15) is 10.6 Å². The Labute approximate surface area is 175 Å². The van der Waals surface area contributed by atoms with Gasteiger partial charge < -0.3 is 9.47 Å². The van der Waals surface area contributed by atoms with Crippen LogP contribution in [0, 0.1) is 12.8 Å². The van der Waals surface area contributed by atoms with Crippen LogP contribution in [0.5, 0.6) is 5.75 Å². The van der Waals surface area contributed by atoms with Crippen molar-refractivity contribution in [2.45, 2.75) is 38.5 Å². The van der Waals surface area contributed by atoms with E-state index in [1.165, 1.54) is 15.6 Å². The van der Waals surface area contributed by atoms with Gasteiger partial charge in [-0.1, -0.05) is 0 Å². The predicted molar refractivity (Wildman–Crippen MR) is 112 cm³/mol. The highest BCUT2D eigenvalue weighted by molar-refractivity contribution is 7.89. The second kappa shape index (κ2) is 9.23. The van der Waals surface area contributed by atoms with E-state index in [2.05, 4.69) is 4.98 Å². The number of hydrogen-bond donors (Lipinski definition) is 0. The van der Waals surface area contributed by atoms with E-state index < -0.39 is 10.0 Å². The van der Waals surface area contributed by atoms with Gasteiger partial charge in [0.25, 0.3) is 0 Å². The van der Waals surface area contributed by atoms with Crippen molar-refractivity contribution in [1.82, 2.24) is 9.29 Å². The Morgan fingerprint density at radius 1 is 1.24 bits per heavy atom. The fourth-order valence-electron chi connectivity index (χ4n) is 3.37. The maximum atomic E-state index is 13.4. The summed E-state index contributed by atoms with van der Waals surface area (Å²) in [7, 11) is -3.77. The smallest absolute Gasteiger partial charge is 0.309 e. The van der Waals surface area contributed by atoms with Crippen molar-refractivity contribution in [3.05, 3.63) is 28.6 Å². The van der Waals surface area contributed by atoms with Crippen LogP contribution in [-0.4, -0.2) is 50.0 Å². The SMILES string of the molecule is CCOC(=O)C1CCN(S(=O)(=O)c2cc(-c3csc(C)n3)ccc2OCC)CC1. The molecule has 1 fully saturated rings. The summed E-state index contributed by atoms with van der Waals surface area (Å²) in [6, 6.07) is 5.14. The van der Waals surface area contributed by atoms with Crippen LogP contribution in [0.3, 0.4) is 0 Å². The van der Waals surface area contributed by atoms with E-state index in [4.69, 9.17) is 9.47 Å². The number of aromatic nitrogens is 1. The van der Waals surface area contributed by atoms with Gasteiger partial charge in [-0.3, -0.25) is 4.79 Å². The zero-order valence-corrected chi connectivity index (χ0v) is 18.5. The number of esters is 1. The van der Waals surface area contributed by atoms with Crippen LogP contribution in [-0.2, 0) is 19.6 Å². The number of sulfonamides is 1. The van der Waals surface area contributed by atoms with Gasteiger partial charge >= 0.3 is 5.97 Å². The number of thiazole rings is 1. The van der Waals surface area contributed by atoms with Gasteiger partial charge in [0, 0.05) is 24.0 Å². The first-order valence-corrected chi connectivity index (χ1v) is 12.0. The maximum Gasteiger partial charge on any atom is 0.309 e. The van der Waals surface area contributed by atoms with Crippen LogP contribution >= 0.6 is 11.3 Å². The Balaban J connectivity index is 1.88. The van der Waals surface area contributed by atoms with Crippen LogP contribution < -0.4 is 4.74 Å². The third-order valence-corrected chi connectivity index (χ3v) is 7.54. The van der Waals surface area contributed by atoms with Gasteiger partial charge in [0.2, 0.25) is 10.0 Å². The van der Waals surface area contributed by atoms with Gasteiger partial charge in [-0.25, -0.2) is 13.4 Å². The van der Waals surface area contributed by atoms with Crippen molar-refractivity contribution in [1.29, 1.82) is 0 Å². The second-order valence-corrected chi connectivity index (χ2v) is 9.75. The van der Waals surface area contributed by atoms with Crippen molar-refractivity contribution in [3.63, 3.8) is 0 Å². The molecule has 29 heavy (non-hydrogen) atoms. The number of hydrogen-bond acceptors (Lipinski definition) is 7. The summed E-state index contributed by atoms with van der Waals surface area (Å²) in [4.78, 5) is 16.5. The number of rotatable bonds is 7. The molecule has 1 aromatic carbocycles. The molecule has 0 bridgehead atoms. The van der Waals surface area contributed by atoms with E-state index >= 15 is 0 Å². The lowest BCUT2D eigenvalue weighted by Gasteiger charge is -2.30. The minimum atomic E-state index is -3.77. The summed E-state index contributed by atoms with van der Waals surface area (Å²) < 4.78 is 38.9. The quantitative estimate of drug-likeness (QED) is 0.615. The Kier molecular flexibility index (Phi) is 6.92. The Bertz CT molecular complexity index is 963. The highest BCUT2D eigenvalue weighted by atomic mass is 32.2. The summed E-state index contributed by atoms with van der Waals surface area (Å²) in [5.41, 5.74) is 1.48. The summed E-state index contributed by atoms with van der Waals surface area (Å²) >= 11 is 1.52. The number of piperidine rings is 1. The number of carbonyl (C=O) groups is 1. The predicted octanol–water partition coefficient (Wildman–Crippen LogP) is 3.48. The molecule has 0 N–H and O–H groups in total. The van der Waals surface area contributed by atoms with Crippen LogP contribution in [0.4, 0.5) is 0 Å². The first kappa shape index (κ1) is 21.7. The summed E-state index contributed by atoms with van der Waals surface area (Å²) in [6.07, 6.45) is 0.903. The second-order valence-electron chi connectivity index (χ2n) is 6.78. The van der Waals surface area contributed by atoms with Crippen LogP contribution in [0.2, 0.25) is 0 Å². The minimum Gasteiger partial charge on any atom is -0.492 e. The first-order valence-electron chi connectivity index (χ1n) is 9.73. The zero-order valence-electron chi connectivity index (χ0n) is 16.9. The molecule has 3 rings (SSSR count). The highest BCUT2D eigenvalue weighted by Crippen LogP contribution is 2.34. The molecule has 0 unspecified atom stereocenters. The van der Waals surface area contributed by atoms with Crippen LogP contribution in [0.15, 0.2) is 28.5 Å². The molecular formula is C20H26N2O5S2. The lowest BCUT2D eigenvalue weighted by Crippen LogP contribution is -2.40. The molecule has 1 aliphatic rings. The van der Waals surface area contributed by atoms with Gasteiger partial charge in [-0.15, -0.1) is 11.3 Å². The normalized spacial score (nSPS) is 16.0. The van der Waals surface area contributed by atoms with Gasteiger partial charge in [0.05, 0.1) is 29.8 Å². The number of aryl methyl sites for hydroxylation is 1. The molecule has 2 heterocycles. The topological polar surface area (TPSA) is 85.8 Å².